The number of ether oxygens (including phenoxy) is 1. The summed E-state index contributed by atoms with van der Waals surface area (Å²) in [5.41, 5.74) is 16.8. The zero-order chi connectivity index (χ0) is 37.4. The van der Waals surface area contributed by atoms with E-state index in [9.17, 15) is 0 Å². The first-order chi connectivity index (χ1) is 27.5. The van der Waals surface area contributed by atoms with Gasteiger partial charge in [0.2, 0.25) is 0 Å². The van der Waals surface area contributed by atoms with Crippen molar-refractivity contribution < 1.29 is 4.74 Å². The monoisotopic (exact) mass is 716 g/mol. The summed E-state index contributed by atoms with van der Waals surface area (Å²) in [5, 5.41) is 2.34. The van der Waals surface area contributed by atoms with Crippen LogP contribution in [0.4, 0.5) is 0 Å². The summed E-state index contributed by atoms with van der Waals surface area (Å²) in [6.07, 6.45) is 0. The van der Waals surface area contributed by atoms with Crippen molar-refractivity contribution in [2.75, 3.05) is 0 Å². The number of aromatic nitrogens is 2. The predicted octanol–water partition coefficient (Wildman–Crippen LogP) is 14.0. The summed E-state index contributed by atoms with van der Waals surface area (Å²) in [6, 6.07) is 64.8. The molecule has 0 radical (unpaired) electrons. The molecule has 2 aliphatic rings. The predicted molar refractivity (Wildman–Crippen MR) is 230 cm³/mol. The van der Waals surface area contributed by atoms with Gasteiger partial charge in [0, 0.05) is 33.1 Å². The fraction of sp³-hybridized carbons (Fsp3) is 0.0566. The molecule has 0 amide bonds. The second-order valence-electron chi connectivity index (χ2n) is 15.4. The number of rotatable bonds is 5. The highest BCUT2D eigenvalue weighted by Gasteiger charge is 2.35. The fourth-order valence-corrected chi connectivity index (χ4v) is 8.80. The molecule has 3 heteroatoms. The zero-order valence-corrected chi connectivity index (χ0v) is 31.1. The standard InChI is InChI=1S/C53H36N2O/c1-53(2)45-21-10-9-19-41(45)42-25-23-36(30-46(42)53)38-27-39(37-24-26-43-44-20-11-17-34-18-12-22-49(51(34)44)56-50(43)31-37)29-40(28-38)48-32-47(33-13-5-3-6-14-33)54-52(55-48)35-15-7-4-8-16-35/h3-32H,1-2H3. The molecular weight excluding hydrogens is 681 g/mol. The maximum atomic E-state index is 6.65. The van der Waals surface area contributed by atoms with E-state index in [0.29, 0.717) is 5.82 Å². The average molecular weight is 717 g/mol. The first kappa shape index (κ1) is 32.3. The third-order valence-electron chi connectivity index (χ3n) is 11.7. The molecule has 0 saturated carbocycles. The summed E-state index contributed by atoms with van der Waals surface area (Å²) in [5.74, 6) is 2.44. The van der Waals surface area contributed by atoms with Crippen LogP contribution < -0.4 is 4.74 Å². The highest BCUT2D eigenvalue weighted by molar-refractivity contribution is 6.04. The minimum Gasteiger partial charge on any atom is -0.456 e. The number of hydrogen-bond donors (Lipinski definition) is 0. The number of fused-ring (bicyclic) bond motifs is 5. The number of benzene rings is 8. The van der Waals surface area contributed by atoms with Crippen molar-refractivity contribution in [3.63, 3.8) is 0 Å². The first-order valence-electron chi connectivity index (χ1n) is 19.2. The van der Waals surface area contributed by atoms with E-state index >= 15 is 0 Å². The summed E-state index contributed by atoms with van der Waals surface area (Å²) in [4.78, 5) is 10.3. The normalized spacial score (nSPS) is 13.1. The molecule has 0 saturated heterocycles. The molecule has 264 valence electrons. The van der Waals surface area contributed by atoms with Gasteiger partial charge in [-0.2, -0.15) is 0 Å². The minimum absolute atomic E-state index is 0.112. The van der Waals surface area contributed by atoms with Crippen LogP contribution in [-0.4, -0.2) is 9.97 Å². The van der Waals surface area contributed by atoms with Crippen molar-refractivity contribution in [3.05, 3.63) is 193 Å². The van der Waals surface area contributed by atoms with E-state index < -0.39 is 0 Å². The maximum absolute atomic E-state index is 6.65. The largest absolute Gasteiger partial charge is 0.456 e. The average Bonchev–Trinajstić information content (AvgIpc) is 3.49. The van der Waals surface area contributed by atoms with Crippen LogP contribution >= 0.6 is 0 Å². The van der Waals surface area contributed by atoms with Crippen LogP contribution in [0.25, 0.3) is 89.2 Å². The SMILES string of the molecule is CC1(C)c2ccccc2-c2ccc(-c3cc(-c4ccc5c(c4)Oc4cccc6cccc-5c46)cc(-c4cc(-c5ccccc5)nc(-c5ccccc5)n4)c3)cc21. The van der Waals surface area contributed by atoms with Gasteiger partial charge in [-0.3, -0.25) is 0 Å². The zero-order valence-electron chi connectivity index (χ0n) is 31.1. The molecule has 1 aliphatic carbocycles. The lowest BCUT2D eigenvalue weighted by Crippen LogP contribution is -2.14. The van der Waals surface area contributed by atoms with Gasteiger partial charge in [0.1, 0.15) is 11.5 Å². The van der Waals surface area contributed by atoms with Crippen molar-refractivity contribution in [2.45, 2.75) is 19.3 Å². The van der Waals surface area contributed by atoms with Gasteiger partial charge in [-0.25, -0.2) is 9.97 Å². The highest BCUT2D eigenvalue weighted by Crippen LogP contribution is 2.51. The minimum atomic E-state index is -0.112. The summed E-state index contributed by atoms with van der Waals surface area (Å²) >= 11 is 0. The van der Waals surface area contributed by atoms with Crippen LogP contribution in [0.5, 0.6) is 11.5 Å². The maximum Gasteiger partial charge on any atom is 0.160 e. The van der Waals surface area contributed by atoms with Gasteiger partial charge in [-0.05, 0) is 104 Å². The van der Waals surface area contributed by atoms with Gasteiger partial charge in [0.15, 0.2) is 5.82 Å². The van der Waals surface area contributed by atoms with E-state index in [2.05, 4.69) is 172 Å². The topological polar surface area (TPSA) is 35.0 Å². The Hall–Kier alpha value is -7.10. The van der Waals surface area contributed by atoms with Gasteiger partial charge in [0.05, 0.1) is 11.4 Å². The van der Waals surface area contributed by atoms with Crippen LogP contribution in [0.1, 0.15) is 25.0 Å². The van der Waals surface area contributed by atoms with Gasteiger partial charge in [-0.15, -0.1) is 0 Å². The second kappa shape index (κ2) is 12.5. The molecule has 2 heterocycles. The van der Waals surface area contributed by atoms with E-state index in [1.807, 2.05) is 24.3 Å². The number of nitrogens with zero attached hydrogens (tertiary/aromatic N) is 2. The van der Waals surface area contributed by atoms with Crippen molar-refractivity contribution in [2.24, 2.45) is 0 Å². The molecule has 0 N–H and O–H groups in total. The Bertz CT molecular complexity index is 2960. The van der Waals surface area contributed by atoms with Gasteiger partial charge < -0.3 is 4.74 Å². The van der Waals surface area contributed by atoms with E-state index in [4.69, 9.17) is 14.7 Å². The molecule has 8 aromatic carbocycles. The van der Waals surface area contributed by atoms with E-state index in [0.717, 1.165) is 67.2 Å². The van der Waals surface area contributed by atoms with Crippen molar-refractivity contribution in [1.82, 2.24) is 9.97 Å². The Morgan fingerprint density at radius 2 is 0.964 bits per heavy atom. The Morgan fingerprint density at radius 3 is 1.73 bits per heavy atom. The van der Waals surface area contributed by atoms with Crippen LogP contribution in [0.15, 0.2) is 182 Å². The van der Waals surface area contributed by atoms with Crippen LogP contribution in [0.2, 0.25) is 0 Å². The molecule has 56 heavy (non-hydrogen) atoms. The smallest absolute Gasteiger partial charge is 0.160 e. The fourth-order valence-electron chi connectivity index (χ4n) is 8.80. The molecule has 0 unspecified atom stereocenters. The highest BCUT2D eigenvalue weighted by atomic mass is 16.5. The van der Waals surface area contributed by atoms with Crippen molar-refractivity contribution >= 4 is 10.8 Å². The second-order valence-corrected chi connectivity index (χ2v) is 15.4. The summed E-state index contributed by atoms with van der Waals surface area (Å²) < 4.78 is 6.65. The number of hydrogen-bond acceptors (Lipinski definition) is 3. The van der Waals surface area contributed by atoms with Crippen LogP contribution in [0, 0.1) is 0 Å². The molecule has 9 aromatic rings. The Morgan fingerprint density at radius 1 is 0.375 bits per heavy atom. The van der Waals surface area contributed by atoms with Crippen molar-refractivity contribution in [3.8, 4) is 89.9 Å². The lowest BCUT2D eigenvalue weighted by atomic mass is 9.81. The Labute approximate surface area is 326 Å². The molecule has 3 nitrogen and oxygen atoms in total. The van der Waals surface area contributed by atoms with E-state index in [1.165, 1.54) is 38.8 Å². The quantitative estimate of drug-likeness (QED) is 0.178. The molecule has 0 spiro atoms. The molecule has 11 rings (SSSR count). The molecule has 0 atom stereocenters. The Kier molecular flexibility index (Phi) is 7.20. The molecule has 1 aromatic heterocycles. The van der Waals surface area contributed by atoms with E-state index in [-0.39, 0.29) is 5.41 Å². The van der Waals surface area contributed by atoms with Gasteiger partial charge in [0.25, 0.3) is 0 Å². The van der Waals surface area contributed by atoms with Crippen molar-refractivity contribution in [1.29, 1.82) is 0 Å². The first-order valence-corrected chi connectivity index (χ1v) is 19.2. The van der Waals surface area contributed by atoms with Crippen LogP contribution in [-0.2, 0) is 5.41 Å². The lowest BCUT2D eigenvalue weighted by molar-refractivity contribution is 0.487. The van der Waals surface area contributed by atoms with Gasteiger partial charge >= 0.3 is 0 Å². The lowest BCUT2D eigenvalue weighted by Gasteiger charge is -2.22. The third-order valence-corrected chi connectivity index (χ3v) is 11.7. The Balaban J connectivity index is 1.11. The summed E-state index contributed by atoms with van der Waals surface area (Å²) in [6.45, 7) is 4.68. The summed E-state index contributed by atoms with van der Waals surface area (Å²) in [7, 11) is 0. The van der Waals surface area contributed by atoms with Gasteiger partial charge in [-0.1, -0.05) is 147 Å². The third kappa shape index (κ3) is 5.20. The molecular formula is C53H36N2O. The van der Waals surface area contributed by atoms with E-state index in [1.54, 1.807) is 0 Å². The molecule has 0 fully saturated rings. The molecule has 0 bridgehead atoms. The molecule has 1 aliphatic heterocycles. The van der Waals surface area contributed by atoms with Crippen LogP contribution in [0.3, 0.4) is 0 Å².